The van der Waals surface area contributed by atoms with Crippen molar-refractivity contribution < 1.29 is 4.74 Å². The second-order valence-electron chi connectivity index (χ2n) is 5.94. The SMILES string of the molecule is Cc1cccc(C#N)c1Oc1ccc(C(C)(C)C)cc1. The summed E-state index contributed by atoms with van der Waals surface area (Å²) in [6.07, 6.45) is 0. The summed E-state index contributed by atoms with van der Waals surface area (Å²) in [5, 5.41) is 9.14. The number of para-hydroxylation sites is 1. The van der Waals surface area contributed by atoms with E-state index in [0.29, 0.717) is 11.3 Å². The molecule has 0 fully saturated rings. The molecule has 20 heavy (non-hydrogen) atoms. The van der Waals surface area contributed by atoms with Gasteiger partial charge in [0.25, 0.3) is 0 Å². The van der Waals surface area contributed by atoms with Crippen LogP contribution in [0.3, 0.4) is 0 Å². The summed E-state index contributed by atoms with van der Waals surface area (Å²) in [6, 6.07) is 15.8. The number of aryl methyl sites for hydroxylation is 1. The summed E-state index contributed by atoms with van der Waals surface area (Å²) in [5.41, 5.74) is 2.91. The first kappa shape index (κ1) is 14.1. The fraction of sp³-hybridized carbons (Fsp3) is 0.278. The van der Waals surface area contributed by atoms with Crippen molar-refractivity contribution in [2.75, 3.05) is 0 Å². The molecule has 0 atom stereocenters. The lowest BCUT2D eigenvalue weighted by Crippen LogP contribution is -2.10. The number of nitriles is 1. The fourth-order valence-electron chi connectivity index (χ4n) is 2.02. The van der Waals surface area contributed by atoms with Gasteiger partial charge in [0.05, 0.1) is 5.56 Å². The highest BCUT2D eigenvalue weighted by molar-refractivity contribution is 5.50. The molecule has 0 bridgehead atoms. The van der Waals surface area contributed by atoms with Crippen molar-refractivity contribution >= 4 is 0 Å². The first-order chi connectivity index (χ1) is 9.41. The Balaban J connectivity index is 2.30. The molecule has 2 rings (SSSR count). The zero-order valence-electron chi connectivity index (χ0n) is 12.4. The highest BCUT2D eigenvalue weighted by atomic mass is 16.5. The maximum absolute atomic E-state index is 9.14. The van der Waals surface area contributed by atoms with E-state index < -0.39 is 0 Å². The van der Waals surface area contributed by atoms with Crippen molar-refractivity contribution in [2.24, 2.45) is 0 Å². The smallest absolute Gasteiger partial charge is 0.148 e. The van der Waals surface area contributed by atoms with Crippen molar-refractivity contribution in [1.82, 2.24) is 0 Å². The number of hydrogen-bond acceptors (Lipinski definition) is 2. The molecule has 2 heteroatoms. The van der Waals surface area contributed by atoms with Gasteiger partial charge in [0.1, 0.15) is 17.6 Å². The van der Waals surface area contributed by atoms with Crippen molar-refractivity contribution in [3.05, 3.63) is 59.2 Å². The van der Waals surface area contributed by atoms with Gasteiger partial charge in [-0.15, -0.1) is 0 Å². The zero-order valence-corrected chi connectivity index (χ0v) is 12.4. The fourth-order valence-corrected chi connectivity index (χ4v) is 2.02. The van der Waals surface area contributed by atoms with Crippen molar-refractivity contribution in [3.8, 4) is 17.6 Å². The molecule has 0 unspecified atom stereocenters. The Bertz CT molecular complexity index is 643. The van der Waals surface area contributed by atoms with E-state index in [0.717, 1.165) is 11.3 Å². The van der Waals surface area contributed by atoms with Crippen LogP contribution < -0.4 is 4.74 Å². The van der Waals surface area contributed by atoms with Gasteiger partial charge in [-0.25, -0.2) is 0 Å². The first-order valence-electron chi connectivity index (χ1n) is 6.70. The summed E-state index contributed by atoms with van der Waals surface area (Å²) >= 11 is 0. The van der Waals surface area contributed by atoms with Crippen LogP contribution in [0, 0.1) is 18.3 Å². The van der Waals surface area contributed by atoms with Crippen molar-refractivity contribution in [2.45, 2.75) is 33.1 Å². The normalized spacial score (nSPS) is 10.9. The van der Waals surface area contributed by atoms with E-state index in [1.54, 1.807) is 6.07 Å². The van der Waals surface area contributed by atoms with Gasteiger partial charge in [-0.1, -0.05) is 45.0 Å². The number of ether oxygens (including phenoxy) is 1. The molecule has 0 aromatic heterocycles. The van der Waals surface area contributed by atoms with Crippen LogP contribution in [-0.4, -0.2) is 0 Å². The summed E-state index contributed by atoms with van der Waals surface area (Å²) in [7, 11) is 0. The number of rotatable bonds is 2. The third kappa shape index (κ3) is 3.00. The van der Waals surface area contributed by atoms with E-state index in [-0.39, 0.29) is 5.41 Å². The van der Waals surface area contributed by atoms with Crippen LogP contribution in [0.4, 0.5) is 0 Å². The van der Waals surface area contributed by atoms with E-state index in [1.807, 2.05) is 31.2 Å². The van der Waals surface area contributed by atoms with Crippen LogP contribution in [0.5, 0.6) is 11.5 Å². The molecular formula is C18H19NO. The predicted octanol–water partition coefficient (Wildman–Crippen LogP) is 4.96. The summed E-state index contributed by atoms with van der Waals surface area (Å²) in [4.78, 5) is 0. The molecular weight excluding hydrogens is 246 g/mol. The highest BCUT2D eigenvalue weighted by Crippen LogP contribution is 2.30. The molecule has 0 saturated heterocycles. The Hall–Kier alpha value is -2.27. The molecule has 2 nitrogen and oxygen atoms in total. The molecule has 0 heterocycles. The van der Waals surface area contributed by atoms with Gasteiger partial charge in [0.2, 0.25) is 0 Å². The van der Waals surface area contributed by atoms with Gasteiger partial charge >= 0.3 is 0 Å². The van der Waals surface area contributed by atoms with Crippen LogP contribution >= 0.6 is 0 Å². The predicted molar refractivity (Wildman–Crippen MR) is 81.1 cm³/mol. The minimum absolute atomic E-state index is 0.124. The minimum atomic E-state index is 0.124. The van der Waals surface area contributed by atoms with Crippen molar-refractivity contribution in [3.63, 3.8) is 0 Å². The number of hydrogen-bond donors (Lipinski definition) is 0. The molecule has 2 aromatic carbocycles. The molecule has 0 saturated carbocycles. The van der Waals surface area contributed by atoms with Gasteiger partial charge in [0.15, 0.2) is 0 Å². The maximum atomic E-state index is 9.14. The summed E-state index contributed by atoms with van der Waals surface area (Å²) in [5.74, 6) is 1.39. The third-order valence-corrected chi connectivity index (χ3v) is 3.27. The third-order valence-electron chi connectivity index (χ3n) is 3.27. The van der Waals surface area contributed by atoms with Crippen LogP contribution in [0.25, 0.3) is 0 Å². The second kappa shape index (κ2) is 5.38. The Kier molecular flexibility index (Phi) is 3.81. The minimum Gasteiger partial charge on any atom is -0.456 e. The molecule has 0 aliphatic rings. The summed E-state index contributed by atoms with van der Waals surface area (Å²) in [6.45, 7) is 8.48. The Morgan fingerprint density at radius 2 is 1.65 bits per heavy atom. The van der Waals surface area contributed by atoms with E-state index in [9.17, 15) is 0 Å². The molecule has 0 radical (unpaired) electrons. The van der Waals surface area contributed by atoms with Gasteiger partial charge < -0.3 is 4.74 Å². The molecule has 0 N–H and O–H groups in total. The Morgan fingerprint density at radius 1 is 1.00 bits per heavy atom. The quantitative estimate of drug-likeness (QED) is 0.769. The molecule has 102 valence electrons. The average Bonchev–Trinajstić information content (AvgIpc) is 2.40. The first-order valence-corrected chi connectivity index (χ1v) is 6.70. The van der Waals surface area contributed by atoms with Crippen LogP contribution in [-0.2, 0) is 5.41 Å². The van der Waals surface area contributed by atoms with Gasteiger partial charge in [-0.05, 0) is 41.7 Å². The van der Waals surface area contributed by atoms with Crippen LogP contribution in [0.15, 0.2) is 42.5 Å². The molecule has 2 aromatic rings. The highest BCUT2D eigenvalue weighted by Gasteiger charge is 2.13. The number of benzene rings is 2. The molecule has 0 amide bonds. The van der Waals surface area contributed by atoms with Crippen LogP contribution in [0.2, 0.25) is 0 Å². The van der Waals surface area contributed by atoms with Crippen molar-refractivity contribution in [1.29, 1.82) is 5.26 Å². The lowest BCUT2D eigenvalue weighted by molar-refractivity contribution is 0.476. The van der Waals surface area contributed by atoms with E-state index in [1.165, 1.54) is 5.56 Å². The van der Waals surface area contributed by atoms with E-state index >= 15 is 0 Å². The monoisotopic (exact) mass is 265 g/mol. The van der Waals surface area contributed by atoms with E-state index in [4.69, 9.17) is 10.00 Å². The zero-order chi connectivity index (χ0) is 14.8. The molecule has 0 aliphatic heterocycles. The Morgan fingerprint density at radius 3 is 2.20 bits per heavy atom. The largest absolute Gasteiger partial charge is 0.456 e. The molecule has 0 aliphatic carbocycles. The van der Waals surface area contributed by atoms with Gasteiger partial charge in [-0.2, -0.15) is 5.26 Å². The summed E-state index contributed by atoms with van der Waals surface area (Å²) < 4.78 is 5.88. The standard InChI is InChI=1S/C18H19NO/c1-13-6-5-7-14(12-19)17(13)20-16-10-8-15(9-11-16)18(2,3)4/h5-11H,1-4H3. The lowest BCUT2D eigenvalue weighted by atomic mass is 9.87. The van der Waals surface area contributed by atoms with Gasteiger partial charge in [-0.3, -0.25) is 0 Å². The topological polar surface area (TPSA) is 33.0 Å². The molecule has 0 spiro atoms. The maximum Gasteiger partial charge on any atom is 0.148 e. The second-order valence-corrected chi connectivity index (χ2v) is 5.94. The van der Waals surface area contributed by atoms with Crippen LogP contribution in [0.1, 0.15) is 37.5 Å². The van der Waals surface area contributed by atoms with Gasteiger partial charge in [0, 0.05) is 0 Å². The lowest BCUT2D eigenvalue weighted by Gasteiger charge is -2.19. The number of nitrogens with zero attached hydrogens (tertiary/aromatic N) is 1. The Labute approximate surface area is 120 Å². The van der Waals surface area contributed by atoms with E-state index in [2.05, 4.69) is 39.0 Å². The average molecular weight is 265 g/mol.